The molecule has 1 amide bonds. The fraction of sp³-hybridized carbons (Fsp3) is 0.455. The van der Waals surface area contributed by atoms with E-state index in [2.05, 4.69) is 0 Å². The number of nitrogens with zero attached hydrogens (tertiary/aromatic N) is 1. The molecule has 0 spiro atoms. The lowest BCUT2D eigenvalue weighted by Gasteiger charge is -2.31. The van der Waals surface area contributed by atoms with Gasteiger partial charge >= 0.3 is 0 Å². The predicted octanol–water partition coefficient (Wildman–Crippen LogP) is 2.00. The van der Waals surface area contributed by atoms with Crippen LogP contribution in [0.15, 0.2) is 16.8 Å². The molecule has 1 atom stereocenters. The zero-order valence-corrected chi connectivity index (χ0v) is 9.42. The maximum atomic E-state index is 11.6. The van der Waals surface area contributed by atoms with Crippen LogP contribution in [0.1, 0.15) is 31.4 Å². The van der Waals surface area contributed by atoms with E-state index in [0.29, 0.717) is 13.0 Å². The molecule has 0 aliphatic carbocycles. The van der Waals surface area contributed by atoms with Gasteiger partial charge in [0, 0.05) is 13.0 Å². The van der Waals surface area contributed by atoms with Gasteiger partial charge < -0.3 is 4.90 Å². The third-order valence-electron chi connectivity index (χ3n) is 2.79. The van der Waals surface area contributed by atoms with Crippen molar-refractivity contribution in [3.05, 3.63) is 22.4 Å². The van der Waals surface area contributed by atoms with Gasteiger partial charge in [-0.25, -0.2) is 0 Å². The molecule has 0 bridgehead atoms. The Hall–Kier alpha value is -1.16. The number of carbonyl (C=O) groups is 2. The van der Waals surface area contributed by atoms with Gasteiger partial charge in [-0.2, -0.15) is 11.3 Å². The molecule has 1 aliphatic heterocycles. The number of carbonyl (C=O) groups excluding carboxylic acids is 2. The standard InChI is InChI=1S/C11H13NO2S/c1-8(9-3-5-15-7-9)12-4-2-10(13)6-11(12)14/h3,5,7-8H,2,4,6H2,1H3. The molecule has 1 fully saturated rings. The molecule has 2 heterocycles. The van der Waals surface area contributed by atoms with E-state index >= 15 is 0 Å². The van der Waals surface area contributed by atoms with Crippen molar-refractivity contribution in [1.29, 1.82) is 0 Å². The number of rotatable bonds is 2. The Morgan fingerprint density at radius 1 is 1.47 bits per heavy atom. The minimum absolute atomic E-state index is 0.0371. The summed E-state index contributed by atoms with van der Waals surface area (Å²) in [6.07, 6.45) is 0.578. The van der Waals surface area contributed by atoms with Crippen LogP contribution in [0.25, 0.3) is 0 Å². The van der Waals surface area contributed by atoms with E-state index in [-0.39, 0.29) is 24.2 Å². The van der Waals surface area contributed by atoms with Gasteiger partial charge in [0.15, 0.2) is 0 Å². The van der Waals surface area contributed by atoms with Crippen LogP contribution in [0, 0.1) is 0 Å². The van der Waals surface area contributed by atoms with Crippen molar-refractivity contribution in [2.24, 2.45) is 0 Å². The molecule has 0 aromatic carbocycles. The number of amides is 1. The lowest BCUT2D eigenvalue weighted by molar-refractivity contribution is -0.141. The van der Waals surface area contributed by atoms with E-state index in [1.54, 1.807) is 16.2 Å². The zero-order chi connectivity index (χ0) is 10.8. The zero-order valence-electron chi connectivity index (χ0n) is 8.60. The molecular formula is C11H13NO2S. The molecule has 4 heteroatoms. The van der Waals surface area contributed by atoms with Gasteiger partial charge in [0.05, 0.1) is 12.5 Å². The molecule has 1 aliphatic rings. The number of Topliss-reactive ketones (excluding diaryl/α,β-unsaturated/α-hetero) is 1. The van der Waals surface area contributed by atoms with Crippen LogP contribution in [0.5, 0.6) is 0 Å². The van der Waals surface area contributed by atoms with Crippen molar-refractivity contribution in [3.63, 3.8) is 0 Å². The van der Waals surface area contributed by atoms with E-state index in [0.717, 1.165) is 5.56 Å². The highest BCUT2D eigenvalue weighted by molar-refractivity contribution is 7.07. The van der Waals surface area contributed by atoms with Gasteiger partial charge in [0.25, 0.3) is 0 Å². The Bertz CT molecular complexity index is 372. The molecule has 2 rings (SSSR count). The second-order valence-electron chi connectivity index (χ2n) is 3.79. The van der Waals surface area contributed by atoms with Crippen molar-refractivity contribution in [2.75, 3.05) is 6.54 Å². The summed E-state index contributed by atoms with van der Waals surface area (Å²) >= 11 is 1.63. The summed E-state index contributed by atoms with van der Waals surface area (Å²) in [6, 6.07) is 2.12. The smallest absolute Gasteiger partial charge is 0.230 e. The Morgan fingerprint density at radius 3 is 2.87 bits per heavy atom. The summed E-state index contributed by atoms with van der Waals surface area (Å²) in [5, 5.41) is 4.06. The lowest BCUT2D eigenvalue weighted by Crippen LogP contribution is -2.40. The quantitative estimate of drug-likeness (QED) is 0.719. The van der Waals surface area contributed by atoms with Gasteiger partial charge in [-0.15, -0.1) is 0 Å². The van der Waals surface area contributed by atoms with Gasteiger partial charge in [0.2, 0.25) is 5.91 Å². The first kappa shape index (κ1) is 10.4. The molecule has 1 saturated heterocycles. The lowest BCUT2D eigenvalue weighted by atomic mass is 10.0. The molecule has 15 heavy (non-hydrogen) atoms. The first-order valence-corrected chi connectivity index (χ1v) is 5.96. The summed E-state index contributed by atoms with van der Waals surface area (Å²) in [5.41, 5.74) is 1.16. The topological polar surface area (TPSA) is 37.4 Å². The highest BCUT2D eigenvalue weighted by Gasteiger charge is 2.27. The van der Waals surface area contributed by atoms with Gasteiger partial charge in [-0.1, -0.05) is 0 Å². The average Bonchev–Trinajstić information content (AvgIpc) is 2.69. The van der Waals surface area contributed by atoms with Crippen molar-refractivity contribution in [3.8, 4) is 0 Å². The number of hydrogen-bond acceptors (Lipinski definition) is 3. The van der Waals surface area contributed by atoms with Crippen LogP contribution in [0.3, 0.4) is 0 Å². The van der Waals surface area contributed by atoms with E-state index in [1.165, 1.54) is 0 Å². The summed E-state index contributed by atoms with van der Waals surface area (Å²) in [7, 11) is 0. The molecule has 0 radical (unpaired) electrons. The second kappa shape index (κ2) is 4.14. The van der Waals surface area contributed by atoms with Crippen LogP contribution >= 0.6 is 11.3 Å². The molecule has 3 nitrogen and oxygen atoms in total. The Morgan fingerprint density at radius 2 is 2.27 bits per heavy atom. The number of piperidine rings is 1. The van der Waals surface area contributed by atoms with Crippen molar-refractivity contribution in [1.82, 2.24) is 4.90 Å². The number of ketones is 1. The number of hydrogen-bond donors (Lipinski definition) is 0. The number of likely N-dealkylation sites (tertiary alicyclic amines) is 1. The molecule has 80 valence electrons. The molecular weight excluding hydrogens is 210 g/mol. The minimum atomic E-state index is -0.0371. The summed E-state index contributed by atoms with van der Waals surface area (Å²) < 4.78 is 0. The third-order valence-corrected chi connectivity index (χ3v) is 3.49. The molecule has 1 aromatic heterocycles. The van der Waals surface area contributed by atoms with Crippen LogP contribution in [-0.2, 0) is 9.59 Å². The summed E-state index contributed by atoms with van der Waals surface area (Å²) in [4.78, 5) is 24.5. The monoisotopic (exact) mass is 223 g/mol. The predicted molar refractivity (Wildman–Crippen MR) is 58.7 cm³/mol. The Labute approximate surface area is 92.7 Å². The van der Waals surface area contributed by atoms with Crippen LogP contribution in [0.4, 0.5) is 0 Å². The van der Waals surface area contributed by atoms with Crippen LogP contribution < -0.4 is 0 Å². The van der Waals surface area contributed by atoms with Crippen LogP contribution in [-0.4, -0.2) is 23.1 Å². The molecule has 0 saturated carbocycles. The van der Waals surface area contributed by atoms with Crippen LogP contribution in [0.2, 0.25) is 0 Å². The van der Waals surface area contributed by atoms with E-state index in [9.17, 15) is 9.59 Å². The largest absolute Gasteiger partial charge is 0.335 e. The Kier molecular flexibility index (Phi) is 2.86. The molecule has 1 aromatic rings. The van der Waals surface area contributed by atoms with Crippen molar-refractivity contribution < 1.29 is 9.59 Å². The first-order valence-electron chi connectivity index (χ1n) is 5.02. The fourth-order valence-electron chi connectivity index (χ4n) is 1.83. The maximum Gasteiger partial charge on any atom is 0.230 e. The van der Waals surface area contributed by atoms with Crippen molar-refractivity contribution >= 4 is 23.0 Å². The van der Waals surface area contributed by atoms with E-state index in [1.807, 2.05) is 23.8 Å². The maximum absolute atomic E-state index is 11.6. The molecule has 0 N–H and O–H groups in total. The fourth-order valence-corrected chi connectivity index (χ4v) is 2.58. The summed E-state index contributed by atoms with van der Waals surface area (Å²) in [5.74, 6) is 0.0266. The van der Waals surface area contributed by atoms with E-state index in [4.69, 9.17) is 0 Å². The SMILES string of the molecule is CC(c1ccsc1)N1CCC(=O)CC1=O. The first-order chi connectivity index (χ1) is 7.18. The average molecular weight is 223 g/mol. The second-order valence-corrected chi connectivity index (χ2v) is 4.57. The normalized spacial score (nSPS) is 19.4. The van der Waals surface area contributed by atoms with E-state index < -0.39 is 0 Å². The molecule has 1 unspecified atom stereocenters. The summed E-state index contributed by atoms with van der Waals surface area (Å²) in [6.45, 7) is 2.57. The highest BCUT2D eigenvalue weighted by Crippen LogP contribution is 2.25. The minimum Gasteiger partial charge on any atom is -0.335 e. The Balaban J connectivity index is 2.11. The van der Waals surface area contributed by atoms with Gasteiger partial charge in [-0.3, -0.25) is 9.59 Å². The highest BCUT2D eigenvalue weighted by atomic mass is 32.1. The van der Waals surface area contributed by atoms with Crippen molar-refractivity contribution in [2.45, 2.75) is 25.8 Å². The van der Waals surface area contributed by atoms with Gasteiger partial charge in [0.1, 0.15) is 5.78 Å². The third kappa shape index (κ3) is 2.09. The number of thiophene rings is 1. The van der Waals surface area contributed by atoms with Gasteiger partial charge in [-0.05, 0) is 29.3 Å².